The second-order valence-corrected chi connectivity index (χ2v) is 7.11. The Morgan fingerprint density at radius 2 is 2.05 bits per heavy atom. The van der Waals surface area contributed by atoms with Crippen LogP contribution in [-0.2, 0) is 4.79 Å². The molecule has 0 fully saturated rings. The number of carbonyl (C=O) groups is 1. The maximum absolute atomic E-state index is 12.2. The smallest absolute Gasteiger partial charge is 0.229 e. The third-order valence-corrected chi connectivity index (χ3v) is 4.03. The minimum atomic E-state index is -0.815. The highest BCUT2D eigenvalue weighted by atomic mass is 35.5. The second kappa shape index (κ2) is 6.18. The van der Waals surface area contributed by atoms with Gasteiger partial charge in [-0.15, -0.1) is 0 Å². The number of anilines is 1. The topological polar surface area (TPSA) is 49.3 Å². The summed E-state index contributed by atoms with van der Waals surface area (Å²) >= 11 is 7.54. The van der Waals surface area contributed by atoms with E-state index >= 15 is 0 Å². The van der Waals surface area contributed by atoms with Crippen LogP contribution in [0, 0.1) is 5.41 Å². The Kier molecular flexibility index (Phi) is 4.71. The highest BCUT2D eigenvalue weighted by molar-refractivity contribution is 7.08. The number of halogens is 1. The van der Waals surface area contributed by atoms with E-state index in [1.807, 2.05) is 37.6 Å². The second-order valence-electron chi connectivity index (χ2n) is 5.89. The van der Waals surface area contributed by atoms with E-state index in [2.05, 4.69) is 5.32 Å². The molecule has 1 amide bonds. The van der Waals surface area contributed by atoms with Crippen molar-refractivity contribution >= 4 is 34.5 Å². The molecular weight excluding hydrogens is 306 g/mol. The monoisotopic (exact) mass is 323 g/mol. The average Bonchev–Trinajstić information content (AvgIpc) is 2.92. The van der Waals surface area contributed by atoms with Crippen LogP contribution in [0.2, 0.25) is 5.02 Å². The molecule has 1 heterocycles. The van der Waals surface area contributed by atoms with Gasteiger partial charge in [0.25, 0.3) is 0 Å². The third kappa shape index (κ3) is 3.84. The van der Waals surface area contributed by atoms with Crippen molar-refractivity contribution < 1.29 is 9.90 Å². The largest absolute Gasteiger partial charge is 0.384 e. The van der Waals surface area contributed by atoms with E-state index in [1.165, 1.54) is 11.3 Å². The Balaban J connectivity index is 2.36. The van der Waals surface area contributed by atoms with Crippen molar-refractivity contribution in [2.45, 2.75) is 26.9 Å². The molecule has 5 heteroatoms. The molecule has 0 bridgehead atoms. The van der Waals surface area contributed by atoms with Crippen molar-refractivity contribution in [3.05, 3.63) is 51.2 Å². The van der Waals surface area contributed by atoms with Gasteiger partial charge in [0.15, 0.2) is 0 Å². The van der Waals surface area contributed by atoms with E-state index in [-0.39, 0.29) is 5.91 Å². The van der Waals surface area contributed by atoms with Crippen LogP contribution in [-0.4, -0.2) is 11.0 Å². The molecule has 1 aromatic heterocycles. The summed E-state index contributed by atoms with van der Waals surface area (Å²) in [5, 5.41) is 17.7. The first-order valence-electron chi connectivity index (χ1n) is 6.60. The summed E-state index contributed by atoms with van der Waals surface area (Å²) < 4.78 is 0. The summed E-state index contributed by atoms with van der Waals surface area (Å²) in [7, 11) is 0. The van der Waals surface area contributed by atoms with Crippen LogP contribution in [0.5, 0.6) is 0 Å². The summed E-state index contributed by atoms with van der Waals surface area (Å²) in [4.78, 5) is 12.2. The number of benzene rings is 1. The number of aliphatic hydroxyl groups is 1. The Morgan fingerprint density at radius 3 is 2.62 bits per heavy atom. The van der Waals surface area contributed by atoms with Crippen LogP contribution < -0.4 is 5.32 Å². The van der Waals surface area contributed by atoms with E-state index in [0.717, 1.165) is 5.56 Å². The van der Waals surface area contributed by atoms with E-state index in [4.69, 9.17) is 11.6 Å². The van der Waals surface area contributed by atoms with Gasteiger partial charge < -0.3 is 10.4 Å². The number of nitrogens with one attached hydrogen (secondary N) is 1. The minimum absolute atomic E-state index is 0.108. The highest BCUT2D eigenvalue weighted by Crippen LogP contribution is 2.32. The molecule has 2 aromatic rings. The molecule has 2 N–H and O–H groups in total. The lowest BCUT2D eigenvalue weighted by molar-refractivity contribution is -0.123. The summed E-state index contributed by atoms with van der Waals surface area (Å²) in [6.07, 6.45) is -0.815. The zero-order valence-electron chi connectivity index (χ0n) is 12.2. The average molecular weight is 324 g/mol. The van der Waals surface area contributed by atoms with E-state index < -0.39 is 11.5 Å². The molecule has 1 aromatic carbocycles. The number of thiophene rings is 1. The Hall–Kier alpha value is -1.36. The summed E-state index contributed by atoms with van der Waals surface area (Å²) in [5.41, 5.74) is 1.45. The van der Waals surface area contributed by atoms with Gasteiger partial charge in [0, 0.05) is 21.7 Å². The van der Waals surface area contributed by atoms with Gasteiger partial charge in [-0.05, 0) is 40.6 Å². The normalized spacial score (nSPS) is 13.0. The van der Waals surface area contributed by atoms with Crippen molar-refractivity contribution in [1.29, 1.82) is 0 Å². The summed E-state index contributed by atoms with van der Waals surface area (Å²) in [6.45, 7) is 5.52. The van der Waals surface area contributed by atoms with Gasteiger partial charge in [0.05, 0.1) is 0 Å². The van der Waals surface area contributed by atoms with Crippen molar-refractivity contribution in [3.8, 4) is 0 Å². The first kappa shape index (κ1) is 16.0. The molecular formula is C16H18ClNO2S. The lowest BCUT2D eigenvalue weighted by atomic mass is 9.95. The van der Waals surface area contributed by atoms with Crippen LogP contribution in [0.1, 0.15) is 38.0 Å². The molecule has 0 spiro atoms. The summed E-state index contributed by atoms with van der Waals surface area (Å²) in [6, 6.07) is 6.95. The van der Waals surface area contributed by atoms with Crippen LogP contribution >= 0.6 is 22.9 Å². The number of hydrogen-bond donors (Lipinski definition) is 2. The van der Waals surface area contributed by atoms with Gasteiger partial charge in [-0.2, -0.15) is 11.3 Å². The first-order chi connectivity index (χ1) is 9.79. The summed E-state index contributed by atoms with van der Waals surface area (Å²) in [5.74, 6) is -0.108. The maximum atomic E-state index is 12.2. The van der Waals surface area contributed by atoms with E-state index in [9.17, 15) is 9.90 Å². The zero-order chi connectivity index (χ0) is 15.6. The van der Waals surface area contributed by atoms with Gasteiger partial charge >= 0.3 is 0 Å². The SMILES string of the molecule is CC(C)(C)C(=O)Nc1ccc(Cl)cc1C(O)c1ccsc1. The van der Waals surface area contributed by atoms with E-state index in [0.29, 0.717) is 16.3 Å². The molecule has 0 aliphatic rings. The molecule has 0 aliphatic heterocycles. The highest BCUT2D eigenvalue weighted by Gasteiger charge is 2.23. The third-order valence-electron chi connectivity index (χ3n) is 3.10. The maximum Gasteiger partial charge on any atom is 0.229 e. The molecule has 0 aliphatic carbocycles. The van der Waals surface area contributed by atoms with Crippen LogP contribution in [0.4, 0.5) is 5.69 Å². The Labute approximate surface area is 133 Å². The van der Waals surface area contributed by atoms with Gasteiger partial charge in [0.1, 0.15) is 6.10 Å². The molecule has 21 heavy (non-hydrogen) atoms. The van der Waals surface area contributed by atoms with Crippen molar-refractivity contribution in [3.63, 3.8) is 0 Å². The van der Waals surface area contributed by atoms with E-state index in [1.54, 1.807) is 18.2 Å². The number of aliphatic hydroxyl groups excluding tert-OH is 1. The van der Waals surface area contributed by atoms with Gasteiger partial charge in [0.2, 0.25) is 5.91 Å². The lowest BCUT2D eigenvalue weighted by Gasteiger charge is -2.21. The number of amides is 1. The lowest BCUT2D eigenvalue weighted by Crippen LogP contribution is -2.28. The number of carbonyl (C=O) groups excluding carboxylic acids is 1. The van der Waals surface area contributed by atoms with Crippen LogP contribution in [0.15, 0.2) is 35.0 Å². The molecule has 1 unspecified atom stereocenters. The molecule has 0 saturated heterocycles. The van der Waals surface area contributed by atoms with Crippen LogP contribution in [0.3, 0.4) is 0 Å². The molecule has 112 valence electrons. The first-order valence-corrected chi connectivity index (χ1v) is 7.92. The standard InChI is InChI=1S/C16H18ClNO2S/c1-16(2,3)15(20)18-13-5-4-11(17)8-12(13)14(19)10-6-7-21-9-10/h4-9,14,19H,1-3H3,(H,18,20). The number of hydrogen-bond acceptors (Lipinski definition) is 3. The quantitative estimate of drug-likeness (QED) is 0.875. The van der Waals surface area contributed by atoms with Crippen molar-refractivity contribution in [2.24, 2.45) is 5.41 Å². The van der Waals surface area contributed by atoms with Crippen LogP contribution in [0.25, 0.3) is 0 Å². The molecule has 1 atom stereocenters. The molecule has 2 rings (SSSR count). The molecule has 3 nitrogen and oxygen atoms in total. The fourth-order valence-electron chi connectivity index (χ4n) is 1.79. The Morgan fingerprint density at radius 1 is 1.33 bits per heavy atom. The molecule has 0 radical (unpaired) electrons. The zero-order valence-corrected chi connectivity index (χ0v) is 13.8. The predicted molar refractivity (Wildman–Crippen MR) is 87.9 cm³/mol. The van der Waals surface area contributed by atoms with Crippen molar-refractivity contribution in [1.82, 2.24) is 0 Å². The van der Waals surface area contributed by atoms with Crippen molar-refractivity contribution in [2.75, 3.05) is 5.32 Å². The fraction of sp³-hybridized carbons (Fsp3) is 0.312. The van der Waals surface area contributed by atoms with Gasteiger partial charge in [-0.1, -0.05) is 32.4 Å². The van der Waals surface area contributed by atoms with Gasteiger partial charge in [-0.3, -0.25) is 4.79 Å². The van der Waals surface area contributed by atoms with Gasteiger partial charge in [-0.25, -0.2) is 0 Å². The molecule has 0 saturated carbocycles. The number of rotatable bonds is 3. The minimum Gasteiger partial charge on any atom is -0.384 e. The predicted octanol–water partition coefficient (Wildman–Crippen LogP) is 4.47. The fourth-order valence-corrected chi connectivity index (χ4v) is 2.65. The Bertz CT molecular complexity index is 632.